The van der Waals surface area contributed by atoms with E-state index in [2.05, 4.69) is 6.58 Å². The van der Waals surface area contributed by atoms with Crippen LogP contribution >= 0.6 is 11.6 Å². The zero-order valence-corrected chi connectivity index (χ0v) is 8.08. The van der Waals surface area contributed by atoms with E-state index in [1.54, 1.807) is 18.2 Å². The van der Waals surface area contributed by atoms with Crippen molar-refractivity contribution in [2.45, 2.75) is 6.10 Å². The first-order valence-electron chi connectivity index (χ1n) is 3.83. The predicted molar refractivity (Wildman–Crippen MR) is 53.2 cm³/mol. The van der Waals surface area contributed by atoms with E-state index in [0.29, 0.717) is 10.8 Å². The van der Waals surface area contributed by atoms with Gasteiger partial charge in [0.25, 0.3) is 0 Å². The zero-order chi connectivity index (χ0) is 9.84. The van der Waals surface area contributed by atoms with Gasteiger partial charge in [-0.2, -0.15) is 0 Å². The van der Waals surface area contributed by atoms with Crippen LogP contribution in [0.15, 0.2) is 30.9 Å². The highest BCUT2D eigenvalue weighted by Gasteiger charge is 2.06. The van der Waals surface area contributed by atoms with Crippen LogP contribution in [0.25, 0.3) is 0 Å². The lowest BCUT2D eigenvalue weighted by atomic mass is 10.1. The van der Waals surface area contributed by atoms with Crippen LogP contribution in [-0.2, 0) is 0 Å². The molecule has 2 nitrogen and oxygen atoms in total. The van der Waals surface area contributed by atoms with Crippen molar-refractivity contribution in [1.29, 1.82) is 0 Å². The predicted octanol–water partition coefficient (Wildman–Crippen LogP) is 2.57. The summed E-state index contributed by atoms with van der Waals surface area (Å²) >= 11 is 5.81. The van der Waals surface area contributed by atoms with Crippen molar-refractivity contribution in [3.05, 3.63) is 41.4 Å². The molecule has 3 heteroatoms. The molecule has 13 heavy (non-hydrogen) atoms. The molecule has 1 N–H and O–H groups in total. The minimum absolute atomic E-state index is 0.530. The monoisotopic (exact) mass is 198 g/mol. The molecule has 0 heterocycles. The molecular weight excluding hydrogens is 188 g/mol. The molecule has 0 saturated carbocycles. The standard InChI is InChI=1S/C10H11ClO2/c1-3-9(12)7-4-5-8(11)10(6-7)13-2/h3-6,9,12H,1H2,2H3. The Morgan fingerprint density at radius 3 is 2.85 bits per heavy atom. The van der Waals surface area contributed by atoms with Crippen LogP contribution in [0.4, 0.5) is 0 Å². The number of hydrogen-bond donors (Lipinski definition) is 1. The number of halogens is 1. The van der Waals surface area contributed by atoms with Gasteiger partial charge in [0.2, 0.25) is 0 Å². The Morgan fingerprint density at radius 2 is 2.31 bits per heavy atom. The topological polar surface area (TPSA) is 29.5 Å². The average Bonchev–Trinajstić information content (AvgIpc) is 2.17. The first-order chi connectivity index (χ1) is 6.19. The summed E-state index contributed by atoms with van der Waals surface area (Å²) in [6.07, 6.45) is 0.772. The highest BCUT2D eigenvalue weighted by Crippen LogP contribution is 2.27. The lowest BCUT2D eigenvalue weighted by molar-refractivity contribution is 0.228. The third-order valence-corrected chi connectivity index (χ3v) is 2.05. The van der Waals surface area contributed by atoms with Crippen molar-refractivity contribution in [3.63, 3.8) is 0 Å². The number of rotatable bonds is 3. The number of aliphatic hydroxyl groups is 1. The molecule has 0 radical (unpaired) electrons. The van der Waals surface area contributed by atoms with Crippen LogP contribution in [0.2, 0.25) is 5.02 Å². The second kappa shape index (κ2) is 4.30. The van der Waals surface area contributed by atoms with Crippen molar-refractivity contribution in [3.8, 4) is 5.75 Å². The van der Waals surface area contributed by atoms with Gasteiger partial charge in [0.1, 0.15) is 5.75 Å². The van der Waals surface area contributed by atoms with Crippen LogP contribution in [0.3, 0.4) is 0 Å². The van der Waals surface area contributed by atoms with Crippen molar-refractivity contribution < 1.29 is 9.84 Å². The lowest BCUT2D eigenvalue weighted by Gasteiger charge is -2.08. The number of hydrogen-bond acceptors (Lipinski definition) is 2. The highest BCUT2D eigenvalue weighted by atomic mass is 35.5. The minimum atomic E-state index is -0.675. The third-order valence-electron chi connectivity index (χ3n) is 1.74. The van der Waals surface area contributed by atoms with Gasteiger partial charge in [-0.1, -0.05) is 23.7 Å². The first kappa shape index (κ1) is 10.1. The fourth-order valence-electron chi connectivity index (χ4n) is 0.996. The molecule has 0 saturated heterocycles. The molecule has 70 valence electrons. The number of benzene rings is 1. The smallest absolute Gasteiger partial charge is 0.137 e. The molecule has 1 aromatic carbocycles. The molecule has 0 aliphatic rings. The van der Waals surface area contributed by atoms with Crippen LogP contribution in [0, 0.1) is 0 Å². The van der Waals surface area contributed by atoms with Crippen molar-refractivity contribution in [2.24, 2.45) is 0 Å². The molecule has 1 atom stereocenters. The maximum absolute atomic E-state index is 9.42. The molecule has 0 fully saturated rings. The summed E-state index contributed by atoms with van der Waals surface area (Å²) in [6, 6.07) is 5.11. The van der Waals surface area contributed by atoms with Gasteiger partial charge < -0.3 is 9.84 Å². The molecule has 0 bridgehead atoms. The summed E-state index contributed by atoms with van der Waals surface area (Å²) in [5.41, 5.74) is 0.719. The van der Waals surface area contributed by atoms with Crippen LogP contribution in [0.5, 0.6) is 5.75 Å². The summed E-state index contributed by atoms with van der Waals surface area (Å²) in [7, 11) is 1.53. The molecule has 0 aromatic heterocycles. The normalized spacial score (nSPS) is 12.2. The van der Waals surface area contributed by atoms with Gasteiger partial charge in [0, 0.05) is 0 Å². The van der Waals surface area contributed by atoms with Gasteiger partial charge in [0.15, 0.2) is 0 Å². The molecule has 0 aliphatic heterocycles. The summed E-state index contributed by atoms with van der Waals surface area (Å²) in [5.74, 6) is 0.556. The zero-order valence-electron chi connectivity index (χ0n) is 7.33. The van der Waals surface area contributed by atoms with Gasteiger partial charge in [0.05, 0.1) is 18.2 Å². The Balaban J connectivity index is 3.05. The van der Waals surface area contributed by atoms with E-state index < -0.39 is 6.10 Å². The minimum Gasteiger partial charge on any atom is -0.495 e. The second-order valence-electron chi connectivity index (χ2n) is 2.57. The fourth-order valence-corrected chi connectivity index (χ4v) is 1.19. The largest absolute Gasteiger partial charge is 0.495 e. The Labute approximate surface area is 82.4 Å². The van der Waals surface area contributed by atoms with Crippen molar-refractivity contribution >= 4 is 11.6 Å². The van der Waals surface area contributed by atoms with Gasteiger partial charge >= 0.3 is 0 Å². The van der Waals surface area contributed by atoms with Crippen LogP contribution in [-0.4, -0.2) is 12.2 Å². The van der Waals surface area contributed by atoms with Crippen molar-refractivity contribution in [1.82, 2.24) is 0 Å². The van der Waals surface area contributed by atoms with E-state index in [1.165, 1.54) is 13.2 Å². The molecular formula is C10H11ClO2. The molecule has 1 aromatic rings. The van der Waals surface area contributed by atoms with Gasteiger partial charge in [-0.25, -0.2) is 0 Å². The van der Waals surface area contributed by atoms with E-state index in [9.17, 15) is 5.11 Å². The van der Waals surface area contributed by atoms with E-state index in [4.69, 9.17) is 16.3 Å². The van der Waals surface area contributed by atoms with Gasteiger partial charge in [-0.3, -0.25) is 0 Å². The highest BCUT2D eigenvalue weighted by molar-refractivity contribution is 6.32. The summed E-state index contributed by atoms with van der Waals surface area (Å²) in [5, 5.41) is 9.95. The second-order valence-corrected chi connectivity index (χ2v) is 2.98. The summed E-state index contributed by atoms with van der Waals surface area (Å²) in [6.45, 7) is 3.49. The van der Waals surface area contributed by atoms with E-state index >= 15 is 0 Å². The quantitative estimate of drug-likeness (QED) is 0.757. The Hall–Kier alpha value is -0.990. The summed E-state index contributed by atoms with van der Waals surface area (Å²) in [4.78, 5) is 0. The van der Waals surface area contributed by atoms with Crippen LogP contribution < -0.4 is 4.74 Å². The summed E-state index contributed by atoms with van der Waals surface area (Å²) < 4.78 is 5.00. The molecule has 1 rings (SSSR count). The molecule has 0 amide bonds. The number of ether oxygens (including phenoxy) is 1. The fraction of sp³-hybridized carbons (Fsp3) is 0.200. The number of methoxy groups -OCH3 is 1. The Bertz CT molecular complexity index is 310. The molecule has 0 spiro atoms. The lowest BCUT2D eigenvalue weighted by Crippen LogP contribution is -1.93. The molecule has 1 unspecified atom stereocenters. The van der Waals surface area contributed by atoms with Crippen molar-refractivity contribution in [2.75, 3.05) is 7.11 Å². The van der Waals surface area contributed by atoms with E-state index in [1.807, 2.05) is 0 Å². The maximum Gasteiger partial charge on any atom is 0.137 e. The number of aliphatic hydroxyl groups excluding tert-OH is 1. The molecule has 0 aliphatic carbocycles. The maximum atomic E-state index is 9.42. The third kappa shape index (κ3) is 2.23. The average molecular weight is 199 g/mol. The van der Waals surface area contributed by atoms with E-state index in [-0.39, 0.29) is 0 Å². The SMILES string of the molecule is C=CC(O)c1ccc(Cl)c(OC)c1. The van der Waals surface area contributed by atoms with Crippen LogP contribution in [0.1, 0.15) is 11.7 Å². The van der Waals surface area contributed by atoms with E-state index in [0.717, 1.165) is 5.56 Å². The van der Waals surface area contributed by atoms with Gasteiger partial charge in [-0.15, -0.1) is 6.58 Å². The Morgan fingerprint density at radius 1 is 1.62 bits per heavy atom. The first-order valence-corrected chi connectivity index (χ1v) is 4.21. The Kier molecular flexibility index (Phi) is 3.34. The van der Waals surface area contributed by atoms with Gasteiger partial charge in [-0.05, 0) is 17.7 Å².